The highest BCUT2D eigenvalue weighted by Crippen LogP contribution is 2.43. The number of hydrogen-bond donors (Lipinski definition) is 3. The number of rotatable bonds is 3. The maximum absolute atomic E-state index is 11.1. The first-order chi connectivity index (χ1) is 7.59. The van der Waals surface area contributed by atoms with Gasteiger partial charge < -0.3 is 15.9 Å². The maximum Gasteiger partial charge on any atom is 0.335 e. The third-order valence-electron chi connectivity index (χ3n) is 3.34. The number of carbonyl (C=O) groups is 1. The molecule has 4 heteroatoms. The second kappa shape index (κ2) is 3.88. The normalized spacial score (nSPS) is 28.5. The minimum Gasteiger partial charge on any atom is -0.478 e. The molecular formula is C12H15NO3. The van der Waals surface area contributed by atoms with Crippen molar-refractivity contribution in [3.8, 4) is 0 Å². The van der Waals surface area contributed by atoms with Crippen LogP contribution in [0.1, 0.15) is 28.8 Å². The Labute approximate surface area is 93.7 Å². The summed E-state index contributed by atoms with van der Waals surface area (Å²) in [5.41, 5.74) is 6.25. The van der Waals surface area contributed by atoms with Crippen LogP contribution in [0.4, 0.5) is 0 Å². The van der Waals surface area contributed by atoms with E-state index in [1.165, 1.54) is 0 Å². The van der Waals surface area contributed by atoms with Crippen LogP contribution in [0.25, 0.3) is 0 Å². The van der Waals surface area contributed by atoms with Crippen LogP contribution in [-0.2, 0) is 5.41 Å². The fourth-order valence-electron chi connectivity index (χ4n) is 2.51. The van der Waals surface area contributed by atoms with E-state index in [-0.39, 0.29) is 18.2 Å². The highest BCUT2D eigenvalue weighted by molar-refractivity contribution is 5.90. The van der Waals surface area contributed by atoms with Gasteiger partial charge in [0.25, 0.3) is 0 Å². The molecule has 2 rings (SSSR count). The molecule has 4 N–H and O–H groups in total. The van der Waals surface area contributed by atoms with Gasteiger partial charge in [-0.2, -0.15) is 0 Å². The Morgan fingerprint density at radius 1 is 1.44 bits per heavy atom. The van der Waals surface area contributed by atoms with Gasteiger partial charge in [-0.1, -0.05) is 18.2 Å². The number of aliphatic hydroxyl groups excluding tert-OH is 1. The molecule has 0 heterocycles. The van der Waals surface area contributed by atoms with E-state index in [0.717, 1.165) is 0 Å². The van der Waals surface area contributed by atoms with E-state index in [1.807, 2.05) is 0 Å². The van der Waals surface area contributed by atoms with E-state index in [0.29, 0.717) is 18.4 Å². The minimum absolute atomic E-state index is 0.0506. The summed E-state index contributed by atoms with van der Waals surface area (Å²) in [6, 6.07) is 6.89. The van der Waals surface area contributed by atoms with Crippen molar-refractivity contribution in [1.82, 2.24) is 0 Å². The number of aromatic carboxylic acids is 1. The molecule has 0 bridgehead atoms. The van der Waals surface area contributed by atoms with Crippen molar-refractivity contribution in [2.45, 2.75) is 24.3 Å². The second-order valence-electron chi connectivity index (χ2n) is 4.46. The van der Waals surface area contributed by atoms with E-state index in [1.54, 1.807) is 24.3 Å². The molecule has 0 aromatic heterocycles. The van der Waals surface area contributed by atoms with Gasteiger partial charge in [-0.05, 0) is 24.5 Å². The summed E-state index contributed by atoms with van der Waals surface area (Å²) in [5, 5.41) is 18.6. The molecule has 0 saturated heterocycles. The molecule has 0 spiro atoms. The second-order valence-corrected chi connectivity index (χ2v) is 4.46. The first-order valence-corrected chi connectivity index (χ1v) is 5.28. The average molecular weight is 221 g/mol. The van der Waals surface area contributed by atoms with Gasteiger partial charge in [0.2, 0.25) is 0 Å². The maximum atomic E-state index is 11.1. The smallest absolute Gasteiger partial charge is 0.335 e. The van der Waals surface area contributed by atoms with Crippen LogP contribution in [0, 0.1) is 0 Å². The number of carboxylic acid groups (broad SMARTS) is 1. The Kier molecular flexibility index (Phi) is 2.69. The lowest BCUT2D eigenvalue weighted by Crippen LogP contribution is -2.52. The Balaban J connectivity index is 2.43. The van der Waals surface area contributed by atoms with Gasteiger partial charge in [0.15, 0.2) is 0 Å². The first kappa shape index (κ1) is 11.1. The van der Waals surface area contributed by atoms with Gasteiger partial charge in [-0.15, -0.1) is 0 Å². The standard InChI is InChI=1S/C12H15NO3/c13-8-5-12(6-8,7-14)10-4-2-1-3-9(10)11(15)16/h1-4,8,14H,5-7,13H2,(H,15,16). The number of carboxylic acids is 1. The minimum atomic E-state index is -0.955. The molecular weight excluding hydrogens is 206 g/mol. The number of benzene rings is 1. The predicted octanol–water partition coefficient (Wildman–Crippen LogP) is 0.736. The van der Waals surface area contributed by atoms with Crippen molar-refractivity contribution in [1.29, 1.82) is 0 Å². The van der Waals surface area contributed by atoms with Gasteiger partial charge in [-0.3, -0.25) is 0 Å². The summed E-state index contributed by atoms with van der Waals surface area (Å²) in [6.07, 6.45) is 1.29. The lowest BCUT2D eigenvalue weighted by Gasteiger charge is -2.46. The zero-order valence-corrected chi connectivity index (χ0v) is 8.89. The average Bonchev–Trinajstić information content (AvgIpc) is 2.24. The van der Waals surface area contributed by atoms with Crippen LogP contribution in [-0.4, -0.2) is 28.8 Å². The third kappa shape index (κ3) is 1.60. The van der Waals surface area contributed by atoms with Crippen LogP contribution >= 0.6 is 0 Å². The predicted molar refractivity (Wildman–Crippen MR) is 59.4 cm³/mol. The Morgan fingerprint density at radius 2 is 2.06 bits per heavy atom. The summed E-state index contributed by atoms with van der Waals surface area (Å²) in [4.78, 5) is 11.1. The quantitative estimate of drug-likeness (QED) is 0.702. The highest BCUT2D eigenvalue weighted by Gasteiger charge is 2.45. The molecule has 1 aromatic carbocycles. The summed E-state index contributed by atoms with van der Waals surface area (Å²) >= 11 is 0. The molecule has 1 aliphatic rings. The Morgan fingerprint density at radius 3 is 2.56 bits per heavy atom. The van der Waals surface area contributed by atoms with E-state index in [4.69, 9.17) is 10.8 Å². The highest BCUT2D eigenvalue weighted by atomic mass is 16.4. The third-order valence-corrected chi connectivity index (χ3v) is 3.34. The monoisotopic (exact) mass is 221 g/mol. The number of aliphatic hydroxyl groups is 1. The Hall–Kier alpha value is -1.39. The van der Waals surface area contributed by atoms with Gasteiger partial charge in [0, 0.05) is 11.5 Å². The fourth-order valence-corrected chi connectivity index (χ4v) is 2.51. The van der Waals surface area contributed by atoms with Gasteiger partial charge in [0.1, 0.15) is 0 Å². The zero-order valence-electron chi connectivity index (χ0n) is 8.89. The summed E-state index contributed by atoms with van der Waals surface area (Å²) in [5.74, 6) is -0.955. The van der Waals surface area contributed by atoms with Crippen LogP contribution in [0.5, 0.6) is 0 Å². The summed E-state index contributed by atoms with van der Waals surface area (Å²) in [6.45, 7) is -0.0506. The molecule has 0 atom stereocenters. The molecule has 0 aliphatic heterocycles. The van der Waals surface area contributed by atoms with Gasteiger partial charge in [0.05, 0.1) is 12.2 Å². The summed E-state index contributed by atoms with van der Waals surface area (Å²) in [7, 11) is 0. The lowest BCUT2D eigenvalue weighted by atomic mass is 9.61. The molecule has 1 aliphatic carbocycles. The van der Waals surface area contributed by atoms with Crippen LogP contribution in [0.15, 0.2) is 24.3 Å². The lowest BCUT2D eigenvalue weighted by molar-refractivity contribution is 0.0676. The molecule has 1 fully saturated rings. The molecule has 0 unspecified atom stereocenters. The van der Waals surface area contributed by atoms with Gasteiger partial charge >= 0.3 is 5.97 Å². The van der Waals surface area contributed by atoms with Crippen molar-refractivity contribution >= 4 is 5.97 Å². The van der Waals surface area contributed by atoms with Crippen LogP contribution in [0.2, 0.25) is 0 Å². The van der Waals surface area contributed by atoms with Crippen molar-refractivity contribution in [2.24, 2.45) is 5.73 Å². The SMILES string of the molecule is NC1CC(CO)(c2ccccc2C(=O)O)C1. The molecule has 86 valence electrons. The molecule has 0 radical (unpaired) electrons. The fraction of sp³-hybridized carbons (Fsp3) is 0.417. The van der Waals surface area contributed by atoms with Crippen molar-refractivity contribution < 1.29 is 15.0 Å². The van der Waals surface area contributed by atoms with Crippen molar-refractivity contribution in [3.63, 3.8) is 0 Å². The summed E-state index contributed by atoms with van der Waals surface area (Å²) < 4.78 is 0. The molecule has 1 saturated carbocycles. The topological polar surface area (TPSA) is 83.5 Å². The van der Waals surface area contributed by atoms with E-state index < -0.39 is 11.4 Å². The van der Waals surface area contributed by atoms with Crippen LogP contribution < -0.4 is 5.73 Å². The van der Waals surface area contributed by atoms with Crippen molar-refractivity contribution in [3.05, 3.63) is 35.4 Å². The molecule has 0 amide bonds. The van der Waals surface area contributed by atoms with E-state index in [2.05, 4.69) is 0 Å². The molecule has 4 nitrogen and oxygen atoms in total. The van der Waals surface area contributed by atoms with E-state index >= 15 is 0 Å². The largest absolute Gasteiger partial charge is 0.478 e. The molecule has 1 aromatic rings. The number of nitrogens with two attached hydrogens (primary N) is 1. The van der Waals surface area contributed by atoms with Crippen LogP contribution in [0.3, 0.4) is 0 Å². The van der Waals surface area contributed by atoms with Gasteiger partial charge in [-0.25, -0.2) is 4.79 Å². The molecule has 16 heavy (non-hydrogen) atoms. The van der Waals surface area contributed by atoms with Crippen molar-refractivity contribution in [2.75, 3.05) is 6.61 Å². The first-order valence-electron chi connectivity index (χ1n) is 5.28. The Bertz CT molecular complexity index is 410. The number of hydrogen-bond acceptors (Lipinski definition) is 3. The zero-order chi connectivity index (χ0) is 11.8. The van der Waals surface area contributed by atoms with E-state index in [9.17, 15) is 9.90 Å².